The van der Waals surface area contributed by atoms with E-state index >= 15 is 0 Å². The van der Waals surface area contributed by atoms with E-state index in [9.17, 15) is 0 Å². The molecule has 2 atom stereocenters. The first kappa shape index (κ1) is 9.92. The van der Waals surface area contributed by atoms with E-state index in [1.807, 2.05) is 0 Å². The third-order valence-corrected chi connectivity index (χ3v) is 2.15. The summed E-state index contributed by atoms with van der Waals surface area (Å²) in [6.07, 6.45) is 1.73. The molecule has 1 rings (SSSR count). The molecule has 0 saturated carbocycles. The Hall–Kier alpha value is -0.160. The number of nitrogens with one attached hydrogen (secondary N) is 2. The lowest BCUT2D eigenvalue weighted by Gasteiger charge is -2.24. The number of rotatable bonds is 4. The van der Waals surface area contributed by atoms with Crippen molar-refractivity contribution in [2.24, 2.45) is 0 Å². The highest BCUT2D eigenvalue weighted by molar-refractivity contribution is 4.75. The molecule has 4 N–H and O–H groups in total. The van der Waals surface area contributed by atoms with Gasteiger partial charge in [-0.1, -0.05) is 0 Å². The molecule has 1 saturated heterocycles. The van der Waals surface area contributed by atoms with Crippen LogP contribution < -0.4 is 10.6 Å². The number of hydrogen-bond donors (Lipinski definition) is 4. The summed E-state index contributed by atoms with van der Waals surface area (Å²) in [5.41, 5.74) is 0. The van der Waals surface area contributed by atoms with Crippen LogP contribution in [0, 0.1) is 0 Å². The second kappa shape index (κ2) is 5.48. The van der Waals surface area contributed by atoms with Gasteiger partial charge in [0, 0.05) is 19.1 Å². The van der Waals surface area contributed by atoms with Crippen LogP contribution in [0.3, 0.4) is 0 Å². The Bertz CT molecular complexity index is 116. The smallest absolute Gasteiger partial charge is 0.0895 e. The quantitative estimate of drug-likeness (QED) is 0.427. The highest BCUT2D eigenvalue weighted by Crippen LogP contribution is 2.00. The van der Waals surface area contributed by atoms with Gasteiger partial charge in [-0.15, -0.1) is 0 Å². The highest BCUT2D eigenvalue weighted by atomic mass is 16.3. The van der Waals surface area contributed by atoms with Crippen LogP contribution >= 0.6 is 0 Å². The van der Waals surface area contributed by atoms with Crippen LogP contribution in [-0.4, -0.2) is 48.6 Å². The summed E-state index contributed by atoms with van der Waals surface area (Å²) in [6, 6.07) is 0.458. The Labute approximate surface area is 73.0 Å². The fourth-order valence-electron chi connectivity index (χ4n) is 1.39. The summed E-state index contributed by atoms with van der Waals surface area (Å²) in [6.45, 7) is 2.40. The Balaban J connectivity index is 2.05. The number of piperidine rings is 1. The molecule has 0 radical (unpaired) electrons. The predicted molar refractivity (Wildman–Crippen MR) is 47.0 cm³/mol. The highest BCUT2D eigenvalue weighted by Gasteiger charge is 2.12. The molecule has 1 aliphatic heterocycles. The molecule has 0 aromatic rings. The molecule has 0 spiro atoms. The van der Waals surface area contributed by atoms with Crippen LogP contribution in [0.4, 0.5) is 0 Å². The second-order valence-electron chi connectivity index (χ2n) is 3.29. The van der Waals surface area contributed by atoms with Crippen molar-refractivity contribution < 1.29 is 10.2 Å². The maximum atomic E-state index is 9.06. The van der Waals surface area contributed by atoms with Crippen LogP contribution in [0.15, 0.2) is 0 Å². The van der Waals surface area contributed by atoms with Crippen LogP contribution in [0.25, 0.3) is 0 Å². The first-order valence-corrected chi connectivity index (χ1v) is 4.56. The standard InChI is InChI=1S/C8H18N2O2/c11-6-8(12)5-10-7-2-1-3-9-4-7/h7-12H,1-6H2. The van der Waals surface area contributed by atoms with Crippen molar-refractivity contribution >= 4 is 0 Å². The molecular formula is C8H18N2O2. The SMILES string of the molecule is OCC(O)CNC1CCCNC1. The number of hydrogen-bond acceptors (Lipinski definition) is 4. The molecule has 0 aromatic heterocycles. The number of aliphatic hydroxyl groups excluding tert-OH is 2. The Morgan fingerprint density at radius 3 is 3.00 bits per heavy atom. The minimum absolute atomic E-state index is 0.160. The fraction of sp³-hybridized carbons (Fsp3) is 1.00. The van der Waals surface area contributed by atoms with E-state index in [0.717, 1.165) is 19.5 Å². The summed E-state index contributed by atoms with van der Waals surface area (Å²) in [4.78, 5) is 0. The molecule has 1 heterocycles. The topological polar surface area (TPSA) is 64.5 Å². The van der Waals surface area contributed by atoms with Crippen molar-refractivity contribution in [1.82, 2.24) is 10.6 Å². The predicted octanol–water partition coefficient (Wildman–Crippen LogP) is -1.32. The molecule has 4 heteroatoms. The minimum atomic E-state index is -0.619. The van der Waals surface area contributed by atoms with Crippen LogP contribution in [0.1, 0.15) is 12.8 Å². The molecule has 12 heavy (non-hydrogen) atoms. The molecule has 72 valence electrons. The van der Waals surface area contributed by atoms with Crippen molar-refractivity contribution in [1.29, 1.82) is 0 Å². The minimum Gasteiger partial charge on any atom is -0.394 e. The lowest BCUT2D eigenvalue weighted by Crippen LogP contribution is -2.46. The summed E-state index contributed by atoms with van der Waals surface area (Å²) in [5, 5.41) is 24.1. The molecule has 4 nitrogen and oxygen atoms in total. The van der Waals surface area contributed by atoms with Gasteiger partial charge in [-0.25, -0.2) is 0 Å². The second-order valence-corrected chi connectivity index (χ2v) is 3.29. The van der Waals surface area contributed by atoms with E-state index in [1.165, 1.54) is 6.42 Å². The zero-order valence-electron chi connectivity index (χ0n) is 7.29. The average molecular weight is 174 g/mol. The Kier molecular flexibility index (Phi) is 4.53. The van der Waals surface area contributed by atoms with Gasteiger partial charge in [0.2, 0.25) is 0 Å². The maximum absolute atomic E-state index is 9.06. The lowest BCUT2D eigenvalue weighted by molar-refractivity contribution is 0.0909. The summed E-state index contributed by atoms with van der Waals surface area (Å²) < 4.78 is 0. The Morgan fingerprint density at radius 2 is 2.42 bits per heavy atom. The van der Waals surface area contributed by atoms with Crippen LogP contribution in [0.5, 0.6) is 0 Å². The molecule has 1 aliphatic rings. The van der Waals surface area contributed by atoms with Gasteiger partial charge in [0.05, 0.1) is 12.7 Å². The normalized spacial score (nSPS) is 27.0. The van der Waals surface area contributed by atoms with Gasteiger partial charge >= 0.3 is 0 Å². The van der Waals surface area contributed by atoms with Crippen molar-refractivity contribution in [3.05, 3.63) is 0 Å². The van der Waals surface area contributed by atoms with E-state index in [-0.39, 0.29) is 6.61 Å². The molecular weight excluding hydrogens is 156 g/mol. The largest absolute Gasteiger partial charge is 0.394 e. The molecule has 1 fully saturated rings. The van der Waals surface area contributed by atoms with Gasteiger partial charge in [-0.05, 0) is 19.4 Å². The van der Waals surface area contributed by atoms with Gasteiger partial charge < -0.3 is 20.8 Å². The van der Waals surface area contributed by atoms with Gasteiger partial charge in [-0.3, -0.25) is 0 Å². The van der Waals surface area contributed by atoms with Gasteiger partial charge in [0.15, 0.2) is 0 Å². The zero-order valence-corrected chi connectivity index (χ0v) is 7.29. The molecule has 0 amide bonds. The molecule has 0 aliphatic carbocycles. The van der Waals surface area contributed by atoms with Gasteiger partial charge in [0.25, 0.3) is 0 Å². The summed E-state index contributed by atoms with van der Waals surface area (Å²) in [7, 11) is 0. The average Bonchev–Trinajstić information content (AvgIpc) is 2.16. The van der Waals surface area contributed by atoms with E-state index in [2.05, 4.69) is 10.6 Å². The van der Waals surface area contributed by atoms with Crippen molar-refractivity contribution in [2.45, 2.75) is 25.0 Å². The summed E-state index contributed by atoms with van der Waals surface area (Å²) in [5.74, 6) is 0. The van der Waals surface area contributed by atoms with Gasteiger partial charge in [0.1, 0.15) is 0 Å². The van der Waals surface area contributed by atoms with E-state index < -0.39 is 6.10 Å². The zero-order chi connectivity index (χ0) is 8.81. The van der Waals surface area contributed by atoms with Gasteiger partial charge in [-0.2, -0.15) is 0 Å². The van der Waals surface area contributed by atoms with Crippen molar-refractivity contribution in [2.75, 3.05) is 26.2 Å². The molecule has 0 bridgehead atoms. The van der Waals surface area contributed by atoms with Crippen molar-refractivity contribution in [3.63, 3.8) is 0 Å². The van der Waals surface area contributed by atoms with E-state index in [4.69, 9.17) is 10.2 Å². The van der Waals surface area contributed by atoms with E-state index in [1.54, 1.807) is 0 Å². The Morgan fingerprint density at radius 1 is 1.58 bits per heavy atom. The molecule has 0 aromatic carbocycles. The maximum Gasteiger partial charge on any atom is 0.0895 e. The molecule has 2 unspecified atom stereocenters. The van der Waals surface area contributed by atoms with Crippen LogP contribution in [0.2, 0.25) is 0 Å². The third-order valence-electron chi connectivity index (χ3n) is 2.15. The first-order chi connectivity index (χ1) is 5.83. The van der Waals surface area contributed by atoms with Crippen LogP contribution in [-0.2, 0) is 0 Å². The number of aliphatic hydroxyl groups is 2. The monoisotopic (exact) mass is 174 g/mol. The lowest BCUT2D eigenvalue weighted by atomic mass is 10.1. The first-order valence-electron chi connectivity index (χ1n) is 4.56. The summed E-state index contributed by atoms with van der Waals surface area (Å²) >= 11 is 0. The van der Waals surface area contributed by atoms with Crippen molar-refractivity contribution in [3.8, 4) is 0 Å². The third kappa shape index (κ3) is 3.49. The fourth-order valence-corrected chi connectivity index (χ4v) is 1.39. The van der Waals surface area contributed by atoms with E-state index in [0.29, 0.717) is 12.6 Å².